The van der Waals surface area contributed by atoms with Crippen LogP contribution in [0.25, 0.3) is 77.5 Å². The fourth-order valence-corrected chi connectivity index (χ4v) is 5.82. The Morgan fingerprint density at radius 1 is 0.381 bits per heavy atom. The second-order valence-corrected chi connectivity index (χ2v) is 10.5. The molecule has 0 aliphatic rings. The molecule has 0 radical (unpaired) electrons. The Kier molecular flexibility index (Phi) is 5.79. The Bertz CT molecular complexity index is 2220. The molecule has 8 rings (SSSR count). The summed E-state index contributed by atoms with van der Waals surface area (Å²) in [7, 11) is 0. The van der Waals surface area contributed by atoms with Crippen molar-refractivity contribution in [1.82, 2.24) is 15.0 Å². The molecule has 196 valence electrons. The van der Waals surface area contributed by atoms with Gasteiger partial charge in [-0.25, -0.2) is 9.97 Å². The summed E-state index contributed by atoms with van der Waals surface area (Å²) >= 11 is 0. The molecule has 0 saturated carbocycles. The highest BCUT2D eigenvalue weighted by Gasteiger charge is 2.15. The lowest BCUT2D eigenvalue weighted by Gasteiger charge is -2.13. The first-order chi connectivity index (χ1) is 20.8. The molecule has 8 aromatic rings. The first-order valence-electron chi connectivity index (χ1n) is 14.1. The van der Waals surface area contributed by atoms with Crippen molar-refractivity contribution in [1.29, 1.82) is 0 Å². The van der Waals surface area contributed by atoms with Crippen LogP contribution < -0.4 is 0 Å². The van der Waals surface area contributed by atoms with Crippen LogP contribution in [0.2, 0.25) is 0 Å². The third-order valence-electron chi connectivity index (χ3n) is 7.92. The van der Waals surface area contributed by atoms with Crippen LogP contribution in [-0.4, -0.2) is 15.0 Å². The van der Waals surface area contributed by atoms with Gasteiger partial charge in [0.25, 0.3) is 0 Å². The molecule has 6 aromatic carbocycles. The van der Waals surface area contributed by atoms with Crippen LogP contribution in [0, 0.1) is 0 Å². The first kappa shape index (κ1) is 24.2. The summed E-state index contributed by atoms with van der Waals surface area (Å²) in [4.78, 5) is 14.9. The Balaban J connectivity index is 1.25. The lowest BCUT2D eigenvalue weighted by atomic mass is 9.94. The number of pyridine rings is 1. The van der Waals surface area contributed by atoms with Crippen molar-refractivity contribution in [3.63, 3.8) is 0 Å². The molecule has 3 nitrogen and oxygen atoms in total. The summed E-state index contributed by atoms with van der Waals surface area (Å²) in [5.41, 5.74) is 11.4. The van der Waals surface area contributed by atoms with Gasteiger partial charge >= 0.3 is 0 Å². The Labute approximate surface area is 243 Å². The van der Waals surface area contributed by atoms with E-state index in [9.17, 15) is 0 Å². The minimum absolute atomic E-state index is 0.875. The largest absolute Gasteiger partial charge is 0.256 e. The van der Waals surface area contributed by atoms with Crippen LogP contribution in [0.1, 0.15) is 0 Å². The van der Waals surface area contributed by atoms with Gasteiger partial charge in [0.1, 0.15) is 0 Å². The lowest BCUT2D eigenvalue weighted by Crippen LogP contribution is -1.95. The van der Waals surface area contributed by atoms with E-state index >= 15 is 0 Å². The number of fused-ring (bicyclic) bond motifs is 4. The predicted octanol–water partition coefficient (Wildman–Crippen LogP) is 10.00. The normalized spacial score (nSPS) is 11.3. The van der Waals surface area contributed by atoms with Gasteiger partial charge in [0.05, 0.1) is 27.9 Å². The quantitative estimate of drug-likeness (QED) is 0.211. The van der Waals surface area contributed by atoms with Gasteiger partial charge in [0.15, 0.2) is 0 Å². The Morgan fingerprint density at radius 3 is 1.57 bits per heavy atom. The number of hydrogen-bond acceptors (Lipinski definition) is 3. The van der Waals surface area contributed by atoms with Crippen molar-refractivity contribution in [3.8, 4) is 44.8 Å². The first-order valence-corrected chi connectivity index (χ1v) is 14.1. The molecule has 3 heteroatoms. The summed E-state index contributed by atoms with van der Waals surface area (Å²) in [6.07, 6.45) is 1.86. The Morgan fingerprint density at radius 2 is 0.905 bits per heavy atom. The summed E-state index contributed by atoms with van der Waals surface area (Å²) in [6, 6.07) is 50.7. The number of aromatic nitrogens is 3. The Hall–Kier alpha value is -5.67. The van der Waals surface area contributed by atoms with E-state index in [1.54, 1.807) is 0 Å². The molecule has 0 aliphatic carbocycles. The number of nitrogens with zero attached hydrogens (tertiary/aromatic N) is 3. The SMILES string of the molecule is c1ccc(-c2ccc(-c3nc4ccccc4nc3-c3ccc(-c4cc5cccnc5c5ccccc45)cc3)cc2)cc1. The van der Waals surface area contributed by atoms with Gasteiger partial charge in [0.2, 0.25) is 0 Å². The molecule has 0 amide bonds. The van der Waals surface area contributed by atoms with Gasteiger partial charge in [-0.1, -0.05) is 121 Å². The molecular weight excluding hydrogens is 510 g/mol. The molecule has 42 heavy (non-hydrogen) atoms. The molecule has 2 heterocycles. The van der Waals surface area contributed by atoms with Gasteiger partial charge in [-0.2, -0.15) is 0 Å². The van der Waals surface area contributed by atoms with Crippen LogP contribution in [0.4, 0.5) is 0 Å². The molecule has 0 unspecified atom stereocenters. The fraction of sp³-hybridized carbons (Fsp3) is 0. The van der Waals surface area contributed by atoms with Gasteiger partial charge in [-0.15, -0.1) is 0 Å². The summed E-state index contributed by atoms with van der Waals surface area (Å²) in [6.45, 7) is 0. The lowest BCUT2D eigenvalue weighted by molar-refractivity contribution is 1.29. The molecule has 0 fully saturated rings. The monoisotopic (exact) mass is 535 g/mol. The maximum Gasteiger partial charge on any atom is 0.0973 e. The van der Waals surface area contributed by atoms with Gasteiger partial charge in [-0.05, 0) is 51.9 Å². The van der Waals surface area contributed by atoms with E-state index in [4.69, 9.17) is 9.97 Å². The van der Waals surface area contributed by atoms with E-state index in [1.807, 2.05) is 42.6 Å². The average Bonchev–Trinajstić information content (AvgIpc) is 3.08. The molecular formula is C39H25N3. The minimum Gasteiger partial charge on any atom is -0.256 e. The van der Waals surface area contributed by atoms with E-state index in [-0.39, 0.29) is 0 Å². The van der Waals surface area contributed by atoms with Crippen molar-refractivity contribution >= 4 is 32.7 Å². The van der Waals surface area contributed by atoms with Crippen molar-refractivity contribution in [2.45, 2.75) is 0 Å². The van der Waals surface area contributed by atoms with Crippen molar-refractivity contribution in [2.24, 2.45) is 0 Å². The fourth-order valence-electron chi connectivity index (χ4n) is 5.82. The van der Waals surface area contributed by atoms with Crippen LogP contribution in [-0.2, 0) is 0 Å². The average molecular weight is 536 g/mol. The predicted molar refractivity (Wildman–Crippen MR) is 174 cm³/mol. The van der Waals surface area contributed by atoms with Crippen LogP contribution in [0.15, 0.2) is 152 Å². The highest BCUT2D eigenvalue weighted by atomic mass is 14.8. The van der Waals surface area contributed by atoms with Crippen LogP contribution in [0.5, 0.6) is 0 Å². The van der Waals surface area contributed by atoms with Crippen LogP contribution >= 0.6 is 0 Å². The third-order valence-corrected chi connectivity index (χ3v) is 7.92. The molecule has 0 saturated heterocycles. The summed E-state index contributed by atoms with van der Waals surface area (Å²) < 4.78 is 0. The van der Waals surface area contributed by atoms with Gasteiger partial charge in [-0.3, -0.25) is 4.98 Å². The zero-order valence-corrected chi connectivity index (χ0v) is 22.8. The highest BCUT2D eigenvalue weighted by Crippen LogP contribution is 2.37. The van der Waals surface area contributed by atoms with Crippen molar-refractivity contribution < 1.29 is 0 Å². The standard InChI is InChI=1S/C39H25N3/c1-2-9-26(10-3-1)27-16-20-29(21-17-27)38-39(42-36-15-7-6-14-35(36)41-38)30-22-18-28(19-23-30)34-25-31-11-8-24-40-37(31)33-13-5-4-12-32(33)34/h1-25H. The molecule has 0 spiro atoms. The van der Waals surface area contributed by atoms with E-state index < -0.39 is 0 Å². The smallest absolute Gasteiger partial charge is 0.0973 e. The minimum atomic E-state index is 0.875. The number of rotatable bonds is 4. The summed E-state index contributed by atoms with van der Waals surface area (Å²) in [5.74, 6) is 0. The summed E-state index contributed by atoms with van der Waals surface area (Å²) in [5, 5.41) is 3.49. The zero-order valence-electron chi connectivity index (χ0n) is 22.8. The van der Waals surface area contributed by atoms with Crippen molar-refractivity contribution in [3.05, 3.63) is 152 Å². The van der Waals surface area contributed by atoms with Crippen molar-refractivity contribution in [2.75, 3.05) is 0 Å². The van der Waals surface area contributed by atoms with Gasteiger partial charge in [0, 0.05) is 28.1 Å². The molecule has 0 N–H and O–H groups in total. The van der Waals surface area contributed by atoms with E-state index in [0.717, 1.165) is 55.4 Å². The molecule has 2 aromatic heterocycles. The second kappa shape index (κ2) is 10.1. The maximum atomic E-state index is 5.12. The number of para-hydroxylation sites is 2. The van der Waals surface area contributed by atoms with Crippen LogP contribution in [0.3, 0.4) is 0 Å². The molecule has 0 bridgehead atoms. The maximum absolute atomic E-state index is 5.12. The van der Waals surface area contributed by atoms with Gasteiger partial charge < -0.3 is 0 Å². The molecule has 0 aliphatic heterocycles. The third kappa shape index (κ3) is 4.20. The van der Waals surface area contributed by atoms with E-state index in [0.29, 0.717) is 0 Å². The second-order valence-electron chi connectivity index (χ2n) is 10.5. The number of hydrogen-bond donors (Lipinski definition) is 0. The van der Waals surface area contributed by atoms with E-state index in [1.165, 1.54) is 22.1 Å². The van der Waals surface area contributed by atoms with E-state index in [2.05, 4.69) is 114 Å². The topological polar surface area (TPSA) is 38.7 Å². The highest BCUT2D eigenvalue weighted by molar-refractivity contribution is 6.12. The zero-order chi connectivity index (χ0) is 27.9. The number of benzene rings is 6. The molecule has 0 atom stereocenters.